The normalized spacial score (nSPS) is 19.9. The second-order valence-corrected chi connectivity index (χ2v) is 4.87. The van der Waals surface area contributed by atoms with Crippen LogP contribution >= 0.6 is 0 Å². The fourth-order valence-electron chi connectivity index (χ4n) is 2.83. The number of anilines is 2. The van der Waals surface area contributed by atoms with Crippen LogP contribution in [0.3, 0.4) is 0 Å². The van der Waals surface area contributed by atoms with E-state index in [0.717, 1.165) is 25.1 Å². The van der Waals surface area contributed by atoms with Crippen molar-refractivity contribution < 1.29 is 5.11 Å². The molecule has 0 spiro atoms. The molecule has 1 aliphatic heterocycles. The van der Waals surface area contributed by atoms with Gasteiger partial charge in [0.05, 0.1) is 11.4 Å². The van der Waals surface area contributed by atoms with Gasteiger partial charge >= 0.3 is 0 Å². The third-order valence-corrected chi connectivity index (χ3v) is 3.63. The molecule has 1 aromatic carbocycles. The second kappa shape index (κ2) is 5.41. The van der Waals surface area contributed by atoms with Gasteiger partial charge in [-0.3, -0.25) is 0 Å². The standard InChI is InChI=1S/C14H22N2O/c1-11-5-2-8-13(15)14(11)16-9-3-6-12(16)7-4-10-17/h2,5,8,12,17H,3-4,6-7,9-10,15H2,1H3. The summed E-state index contributed by atoms with van der Waals surface area (Å²) < 4.78 is 0. The lowest BCUT2D eigenvalue weighted by Crippen LogP contribution is -2.30. The van der Waals surface area contributed by atoms with Crippen molar-refractivity contribution in [1.29, 1.82) is 0 Å². The van der Waals surface area contributed by atoms with Gasteiger partial charge in [-0.2, -0.15) is 0 Å². The van der Waals surface area contributed by atoms with Crippen molar-refractivity contribution in [1.82, 2.24) is 0 Å². The maximum atomic E-state index is 8.95. The van der Waals surface area contributed by atoms with Gasteiger partial charge in [-0.05, 0) is 44.2 Å². The topological polar surface area (TPSA) is 49.5 Å². The molecular weight excluding hydrogens is 212 g/mol. The molecule has 1 atom stereocenters. The minimum Gasteiger partial charge on any atom is -0.397 e. The van der Waals surface area contributed by atoms with Crippen molar-refractivity contribution in [2.75, 3.05) is 23.8 Å². The van der Waals surface area contributed by atoms with Gasteiger partial charge < -0.3 is 15.7 Å². The zero-order valence-corrected chi connectivity index (χ0v) is 10.5. The second-order valence-electron chi connectivity index (χ2n) is 4.87. The summed E-state index contributed by atoms with van der Waals surface area (Å²) in [7, 11) is 0. The fourth-order valence-corrected chi connectivity index (χ4v) is 2.83. The third kappa shape index (κ3) is 2.55. The highest BCUT2D eigenvalue weighted by Crippen LogP contribution is 2.34. The molecule has 17 heavy (non-hydrogen) atoms. The van der Waals surface area contributed by atoms with Gasteiger partial charge in [0.15, 0.2) is 0 Å². The Balaban J connectivity index is 2.20. The summed E-state index contributed by atoms with van der Waals surface area (Å²) in [5.41, 5.74) is 9.43. The summed E-state index contributed by atoms with van der Waals surface area (Å²) in [6.45, 7) is 3.49. The van der Waals surface area contributed by atoms with Gasteiger partial charge in [0.1, 0.15) is 0 Å². The fraction of sp³-hybridized carbons (Fsp3) is 0.571. The summed E-state index contributed by atoms with van der Waals surface area (Å²) in [4.78, 5) is 2.43. The zero-order chi connectivity index (χ0) is 12.3. The van der Waals surface area contributed by atoms with Crippen molar-refractivity contribution in [2.45, 2.75) is 38.6 Å². The largest absolute Gasteiger partial charge is 0.397 e. The third-order valence-electron chi connectivity index (χ3n) is 3.63. The number of aliphatic hydroxyl groups excluding tert-OH is 1. The van der Waals surface area contributed by atoms with E-state index < -0.39 is 0 Å². The van der Waals surface area contributed by atoms with E-state index in [1.165, 1.54) is 24.1 Å². The number of aryl methyl sites for hydroxylation is 1. The lowest BCUT2D eigenvalue weighted by Gasteiger charge is -2.29. The van der Waals surface area contributed by atoms with Crippen LogP contribution in [-0.4, -0.2) is 24.3 Å². The zero-order valence-electron chi connectivity index (χ0n) is 10.5. The summed E-state index contributed by atoms with van der Waals surface area (Å²) >= 11 is 0. The monoisotopic (exact) mass is 234 g/mol. The first-order valence-electron chi connectivity index (χ1n) is 6.46. The van der Waals surface area contributed by atoms with Crippen LogP contribution in [0, 0.1) is 6.92 Å². The highest BCUT2D eigenvalue weighted by Gasteiger charge is 2.26. The number of nitrogens with zero attached hydrogens (tertiary/aromatic N) is 1. The van der Waals surface area contributed by atoms with Gasteiger partial charge in [-0.15, -0.1) is 0 Å². The van der Waals surface area contributed by atoms with Crippen LogP contribution < -0.4 is 10.6 Å². The van der Waals surface area contributed by atoms with Gasteiger partial charge in [-0.25, -0.2) is 0 Å². The number of benzene rings is 1. The Morgan fingerprint density at radius 3 is 3.00 bits per heavy atom. The first-order chi connectivity index (χ1) is 8.24. The van der Waals surface area contributed by atoms with Crippen molar-refractivity contribution in [3.63, 3.8) is 0 Å². The molecule has 3 nitrogen and oxygen atoms in total. The van der Waals surface area contributed by atoms with Crippen LogP contribution in [0.4, 0.5) is 11.4 Å². The van der Waals surface area contributed by atoms with E-state index in [4.69, 9.17) is 10.8 Å². The SMILES string of the molecule is Cc1cccc(N)c1N1CCCC1CCCO. The Bertz CT molecular complexity index is 358. The molecule has 2 rings (SSSR count). The number of nitrogen functional groups attached to an aromatic ring is 1. The Morgan fingerprint density at radius 2 is 2.29 bits per heavy atom. The molecule has 0 aromatic heterocycles. The van der Waals surface area contributed by atoms with Crippen molar-refractivity contribution >= 4 is 11.4 Å². The molecule has 0 saturated carbocycles. The molecule has 1 unspecified atom stereocenters. The summed E-state index contributed by atoms with van der Waals surface area (Å²) in [6, 6.07) is 6.65. The number of nitrogens with two attached hydrogens (primary N) is 1. The van der Waals surface area contributed by atoms with Crippen LogP contribution in [0.5, 0.6) is 0 Å². The number of para-hydroxylation sites is 1. The van der Waals surface area contributed by atoms with E-state index in [9.17, 15) is 0 Å². The van der Waals surface area contributed by atoms with E-state index in [0.29, 0.717) is 6.04 Å². The quantitative estimate of drug-likeness (QED) is 0.786. The Hall–Kier alpha value is -1.22. The average Bonchev–Trinajstić information content (AvgIpc) is 2.74. The maximum Gasteiger partial charge on any atom is 0.0632 e. The molecule has 3 N–H and O–H groups in total. The summed E-state index contributed by atoms with van der Waals surface area (Å²) in [5.74, 6) is 0. The molecule has 1 aromatic rings. The lowest BCUT2D eigenvalue weighted by atomic mass is 10.1. The van der Waals surface area contributed by atoms with Gasteiger partial charge in [-0.1, -0.05) is 12.1 Å². The molecular formula is C14H22N2O. The first-order valence-corrected chi connectivity index (χ1v) is 6.46. The molecule has 0 radical (unpaired) electrons. The van der Waals surface area contributed by atoms with Gasteiger partial charge in [0.25, 0.3) is 0 Å². The molecule has 1 saturated heterocycles. The first kappa shape index (κ1) is 12.2. The van der Waals surface area contributed by atoms with Gasteiger partial charge in [0.2, 0.25) is 0 Å². The Kier molecular flexibility index (Phi) is 3.89. The number of aliphatic hydroxyl groups is 1. The van der Waals surface area contributed by atoms with E-state index >= 15 is 0 Å². The molecule has 3 heteroatoms. The van der Waals surface area contributed by atoms with Crippen LogP contribution in [-0.2, 0) is 0 Å². The lowest BCUT2D eigenvalue weighted by molar-refractivity contribution is 0.279. The molecule has 0 bridgehead atoms. The maximum absolute atomic E-state index is 8.95. The summed E-state index contributed by atoms with van der Waals surface area (Å²) in [5, 5.41) is 8.95. The van der Waals surface area contributed by atoms with E-state index in [1.807, 2.05) is 12.1 Å². The highest BCUT2D eigenvalue weighted by atomic mass is 16.2. The van der Waals surface area contributed by atoms with Crippen LogP contribution in [0.25, 0.3) is 0 Å². The summed E-state index contributed by atoms with van der Waals surface area (Å²) in [6.07, 6.45) is 4.38. The number of hydrogen-bond acceptors (Lipinski definition) is 3. The number of rotatable bonds is 4. The van der Waals surface area contributed by atoms with Crippen LogP contribution in [0.15, 0.2) is 18.2 Å². The predicted octanol–water partition coefficient (Wildman–Crippen LogP) is 2.32. The molecule has 1 fully saturated rings. The van der Waals surface area contributed by atoms with E-state index in [-0.39, 0.29) is 6.61 Å². The molecule has 94 valence electrons. The highest BCUT2D eigenvalue weighted by molar-refractivity contribution is 5.72. The van der Waals surface area contributed by atoms with E-state index in [1.54, 1.807) is 0 Å². The smallest absolute Gasteiger partial charge is 0.0632 e. The molecule has 0 amide bonds. The molecule has 1 heterocycles. The van der Waals surface area contributed by atoms with Crippen molar-refractivity contribution in [3.05, 3.63) is 23.8 Å². The Labute approximate surface area is 103 Å². The minimum absolute atomic E-state index is 0.285. The van der Waals surface area contributed by atoms with Crippen LogP contribution in [0.2, 0.25) is 0 Å². The van der Waals surface area contributed by atoms with Crippen molar-refractivity contribution in [3.8, 4) is 0 Å². The van der Waals surface area contributed by atoms with Gasteiger partial charge in [0, 0.05) is 19.2 Å². The molecule has 0 aliphatic carbocycles. The molecule has 1 aliphatic rings. The van der Waals surface area contributed by atoms with Crippen molar-refractivity contribution in [2.24, 2.45) is 0 Å². The average molecular weight is 234 g/mol. The minimum atomic E-state index is 0.285. The van der Waals surface area contributed by atoms with Crippen LogP contribution in [0.1, 0.15) is 31.2 Å². The number of hydrogen-bond donors (Lipinski definition) is 2. The van der Waals surface area contributed by atoms with E-state index in [2.05, 4.69) is 17.9 Å². The Morgan fingerprint density at radius 1 is 1.47 bits per heavy atom. The predicted molar refractivity (Wildman–Crippen MR) is 72.3 cm³/mol.